The summed E-state index contributed by atoms with van der Waals surface area (Å²) in [5.74, 6) is 0.255. The summed E-state index contributed by atoms with van der Waals surface area (Å²) in [5, 5.41) is 1.96. The molecule has 0 unspecified atom stereocenters. The average molecular weight is 183 g/mol. The van der Waals surface area contributed by atoms with Crippen LogP contribution in [0.1, 0.15) is 0 Å². The highest BCUT2D eigenvalue weighted by atomic mass is 35.5. The summed E-state index contributed by atoms with van der Waals surface area (Å²) in [6.07, 6.45) is -0.673. The molecule has 0 atom stereocenters. The van der Waals surface area contributed by atoms with Gasteiger partial charge >= 0.3 is 6.09 Å². The van der Waals surface area contributed by atoms with E-state index in [1.807, 2.05) is 0 Å². The number of alkyl carbamates (subject to hydrolysis) is 1. The van der Waals surface area contributed by atoms with Crippen LogP contribution in [0.4, 0.5) is 4.79 Å². The van der Waals surface area contributed by atoms with Gasteiger partial charge in [-0.1, -0.05) is 0 Å². The van der Waals surface area contributed by atoms with E-state index in [1.54, 1.807) is 0 Å². The number of halogens is 1. The highest BCUT2D eigenvalue weighted by Crippen LogP contribution is 1.79. The molecule has 0 saturated carbocycles. The van der Waals surface area contributed by atoms with Gasteiger partial charge in [0.15, 0.2) is 5.11 Å². The van der Waals surface area contributed by atoms with Gasteiger partial charge in [0.1, 0.15) is 6.61 Å². The molecule has 58 valence electrons. The van der Waals surface area contributed by atoms with Crippen LogP contribution in [0.15, 0.2) is 0 Å². The Balaban J connectivity index is 3.35. The van der Waals surface area contributed by atoms with E-state index in [4.69, 9.17) is 17.3 Å². The van der Waals surface area contributed by atoms with E-state index < -0.39 is 6.09 Å². The minimum absolute atomic E-state index is 0.112. The van der Waals surface area contributed by atoms with Crippen molar-refractivity contribution >= 4 is 35.0 Å². The maximum absolute atomic E-state index is 10.5. The molecule has 0 fully saturated rings. The molecule has 6 heteroatoms. The smallest absolute Gasteiger partial charge is 0.413 e. The molecule has 0 rings (SSSR count). The Hall–Kier alpha value is -0.550. The second-order valence-corrected chi connectivity index (χ2v) is 2.13. The second-order valence-electron chi connectivity index (χ2n) is 1.31. The van der Waals surface area contributed by atoms with Crippen molar-refractivity contribution in [3.63, 3.8) is 0 Å². The number of hydrogen-bond acceptors (Lipinski definition) is 3. The molecule has 0 aliphatic rings. The Morgan fingerprint density at radius 2 is 2.40 bits per heavy atom. The highest BCUT2D eigenvalue weighted by molar-refractivity contribution is 7.80. The summed E-state index contributed by atoms with van der Waals surface area (Å²) in [7, 11) is 0. The monoisotopic (exact) mass is 182 g/mol. The third-order valence-electron chi connectivity index (χ3n) is 0.536. The predicted molar refractivity (Wildman–Crippen MR) is 42.0 cm³/mol. The number of amides is 1. The second kappa shape index (κ2) is 5.25. The topological polar surface area (TPSA) is 64.3 Å². The number of carbonyl (C=O) groups excluding carboxylic acids is 1. The third-order valence-corrected chi connectivity index (χ3v) is 0.792. The fraction of sp³-hybridized carbons (Fsp3) is 0.500. The first-order valence-corrected chi connectivity index (χ1v) is 3.40. The van der Waals surface area contributed by atoms with Crippen molar-refractivity contribution in [3.05, 3.63) is 0 Å². The van der Waals surface area contributed by atoms with Gasteiger partial charge in [-0.05, 0) is 12.2 Å². The maximum Gasteiger partial charge on any atom is 0.413 e. The first-order valence-electron chi connectivity index (χ1n) is 2.46. The van der Waals surface area contributed by atoms with Gasteiger partial charge in [-0.3, -0.25) is 5.32 Å². The van der Waals surface area contributed by atoms with Crippen molar-refractivity contribution in [1.29, 1.82) is 0 Å². The molecule has 0 saturated heterocycles. The van der Waals surface area contributed by atoms with Crippen molar-refractivity contribution < 1.29 is 9.53 Å². The Kier molecular flexibility index (Phi) is 4.96. The molecular weight excluding hydrogens is 176 g/mol. The van der Waals surface area contributed by atoms with E-state index in [9.17, 15) is 4.79 Å². The molecule has 0 bridgehead atoms. The summed E-state index contributed by atoms with van der Waals surface area (Å²) in [6, 6.07) is 0. The minimum Gasteiger partial charge on any atom is -0.448 e. The third kappa shape index (κ3) is 5.58. The van der Waals surface area contributed by atoms with Gasteiger partial charge in [0.25, 0.3) is 0 Å². The molecule has 0 heterocycles. The van der Waals surface area contributed by atoms with Crippen LogP contribution in [0, 0.1) is 0 Å². The van der Waals surface area contributed by atoms with E-state index in [0.717, 1.165) is 0 Å². The number of nitrogens with two attached hydrogens (primary N) is 1. The Labute approximate surface area is 68.7 Å². The zero-order valence-electron chi connectivity index (χ0n) is 5.09. The quantitative estimate of drug-likeness (QED) is 0.473. The molecule has 10 heavy (non-hydrogen) atoms. The number of hydrogen-bond donors (Lipinski definition) is 2. The van der Waals surface area contributed by atoms with Gasteiger partial charge < -0.3 is 10.5 Å². The van der Waals surface area contributed by atoms with Gasteiger partial charge in [-0.2, -0.15) is 0 Å². The molecule has 0 radical (unpaired) electrons. The summed E-state index contributed by atoms with van der Waals surface area (Å²) in [5.41, 5.74) is 4.95. The lowest BCUT2D eigenvalue weighted by atomic mass is 10.8. The number of rotatable bonds is 2. The molecule has 4 nitrogen and oxygen atoms in total. The van der Waals surface area contributed by atoms with E-state index in [0.29, 0.717) is 0 Å². The van der Waals surface area contributed by atoms with Crippen LogP contribution in [0.25, 0.3) is 0 Å². The van der Waals surface area contributed by atoms with Crippen LogP contribution >= 0.6 is 23.8 Å². The Morgan fingerprint density at radius 1 is 1.80 bits per heavy atom. The van der Waals surface area contributed by atoms with E-state index in [1.165, 1.54) is 0 Å². The van der Waals surface area contributed by atoms with Crippen molar-refractivity contribution in [3.8, 4) is 0 Å². The Morgan fingerprint density at radius 3 is 2.80 bits per heavy atom. The van der Waals surface area contributed by atoms with Crippen molar-refractivity contribution in [2.24, 2.45) is 5.73 Å². The van der Waals surface area contributed by atoms with Crippen LogP contribution < -0.4 is 11.1 Å². The van der Waals surface area contributed by atoms with Gasteiger partial charge in [0.05, 0.1) is 5.88 Å². The molecule has 0 aliphatic heterocycles. The summed E-state index contributed by atoms with van der Waals surface area (Å²) in [4.78, 5) is 10.5. The first-order chi connectivity index (χ1) is 4.66. The lowest BCUT2D eigenvalue weighted by molar-refractivity contribution is 0.158. The predicted octanol–water partition coefficient (Wildman–Crippen LogP) is 0.195. The molecule has 0 spiro atoms. The van der Waals surface area contributed by atoms with Crippen molar-refractivity contribution in [2.75, 3.05) is 12.5 Å². The Bertz CT molecular complexity index is 141. The van der Waals surface area contributed by atoms with Crippen molar-refractivity contribution in [1.82, 2.24) is 5.32 Å². The highest BCUT2D eigenvalue weighted by Gasteiger charge is 1.99. The lowest BCUT2D eigenvalue weighted by Gasteiger charge is -2.01. The molecule has 0 aromatic heterocycles. The van der Waals surface area contributed by atoms with Crippen LogP contribution in [-0.4, -0.2) is 23.7 Å². The summed E-state index contributed by atoms with van der Waals surface area (Å²) < 4.78 is 4.45. The minimum atomic E-state index is -0.673. The van der Waals surface area contributed by atoms with E-state index in [-0.39, 0.29) is 17.6 Å². The van der Waals surface area contributed by atoms with Crippen LogP contribution in [-0.2, 0) is 4.74 Å². The molecule has 3 N–H and O–H groups in total. The SMILES string of the molecule is NC(=S)NC(=O)OCCCl. The normalized spacial score (nSPS) is 8.50. The fourth-order valence-electron chi connectivity index (χ4n) is 0.268. The molecule has 0 aliphatic carbocycles. The summed E-state index contributed by atoms with van der Waals surface area (Å²) in [6.45, 7) is 0.149. The number of carbonyl (C=O) groups is 1. The van der Waals surface area contributed by atoms with Crippen LogP contribution in [0.5, 0.6) is 0 Å². The standard InChI is InChI=1S/C4H7ClN2O2S/c5-1-2-9-4(8)7-3(6)10/h1-2H2,(H3,6,7,8,10). The molecule has 0 aromatic carbocycles. The average Bonchev–Trinajstić information content (AvgIpc) is 1.82. The van der Waals surface area contributed by atoms with E-state index >= 15 is 0 Å². The zero-order valence-corrected chi connectivity index (χ0v) is 6.67. The zero-order chi connectivity index (χ0) is 7.98. The van der Waals surface area contributed by atoms with Gasteiger partial charge in [0.2, 0.25) is 0 Å². The van der Waals surface area contributed by atoms with E-state index in [2.05, 4.69) is 22.3 Å². The lowest BCUT2D eigenvalue weighted by Crippen LogP contribution is -2.35. The van der Waals surface area contributed by atoms with Gasteiger partial charge in [-0.25, -0.2) is 4.79 Å². The van der Waals surface area contributed by atoms with Crippen molar-refractivity contribution in [2.45, 2.75) is 0 Å². The number of ether oxygens (including phenoxy) is 1. The number of nitrogens with one attached hydrogen (secondary N) is 1. The number of alkyl halides is 1. The molecular formula is C4H7ClN2O2S. The van der Waals surface area contributed by atoms with Gasteiger partial charge in [0, 0.05) is 0 Å². The summed E-state index contributed by atoms with van der Waals surface area (Å²) >= 11 is 9.57. The molecule has 0 aromatic rings. The van der Waals surface area contributed by atoms with Gasteiger partial charge in [-0.15, -0.1) is 11.6 Å². The number of thiocarbonyl (C=S) groups is 1. The largest absolute Gasteiger partial charge is 0.448 e. The first kappa shape index (κ1) is 9.45. The van der Waals surface area contributed by atoms with Crippen LogP contribution in [0.2, 0.25) is 0 Å². The maximum atomic E-state index is 10.5. The fourth-order valence-corrected chi connectivity index (χ4v) is 0.428. The van der Waals surface area contributed by atoms with Crippen LogP contribution in [0.3, 0.4) is 0 Å². The molecule has 1 amide bonds.